The SMILES string of the molecule is CCC(CC(N)=S)N(C)Cc1cccc(C)c1. The molecule has 94 valence electrons. The van der Waals surface area contributed by atoms with Crippen LogP contribution >= 0.6 is 12.2 Å². The zero-order valence-corrected chi connectivity index (χ0v) is 11.8. The largest absolute Gasteiger partial charge is 0.393 e. The minimum absolute atomic E-state index is 0.438. The minimum atomic E-state index is 0.438. The van der Waals surface area contributed by atoms with Crippen molar-refractivity contribution < 1.29 is 0 Å². The van der Waals surface area contributed by atoms with Crippen molar-refractivity contribution in [3.63, 3.8) is 0 Å². The van der Waals surface area contributed by atoms with E-state index >= 15 is 0 Å². The molecule has 0 radical (unpaired) electrons. The third-order valence-corrected chi connectivity index (χ3v) is 3.21. The fourth-order valence-corrected chi connectivity index (χ4v) is 2.26. The highest BCUT2D eigenvalue weighted by atomic mass is 32.1. The van der Waals surface area contributed by atoms with E-state index in [0.717, 1.165) is 19.4 Å². The van der Waals surface area contributed by atoms with Crippen LogP contribution < -0.4 is 5.73 Å². The molecule has 0 aliphatic rings. The predicted molar refractivity (Wildman–Crippen MR) is 78.1 cm³/mol. The number of hydrogen-bond acceptors (Lipinski definition) is 2. The van der Waals surface area contributed by atoms with Crippen LogP contribution in [0.25, 0.3) is 0 Å². The first-order valence-electron chi connectivity index (χ1n) is 6.07. The fraction of sp³-hybridized carbons (Fsp3) is 0.500. The number of benzene rings is 1. The molecule has 0 aliphatic heterocycles. The Morgan fingerprint density at radius 3 is 2.71 bits per heavy atom. The first kappa shape index (κ1) is 14.1. The third kappa shape index (κ3) is 4.84. The Balaban J connectivity index is 2.63. The molecule has 1 aromatic carbocycles. The molecule has 1 rings (SSSR count). The van der Waals surface area contributed by atoms with Crippen molar-refractivity contribution in [1.29, 1.82) is 0 Å². The molecule has 1 aromatic rings. The Morgan fingerprint density at radius 1 is 1.47 bits per heavy atom. The van der Waals surface area contributed by atoms with Crippen molar-refractivity contribution in [2.24, 2.45) is 5.73 Å². The van der Waals surface area contributed by atoms with Crippen molar-refractivity contribution in [2.45, 2.75) is 39.3 Å². The van der Waals surface area contributed by atoms with Crippen molar-refractivity contribution in [2.75, 3.05) is 7.05 Å². The van der Waals surface area contributed by atoms with E-state index in [1.807, 2.05) is 0 Å². The molecule has 0 saturated carbocycles. The zero-order valence-electron chi connectivity index (χ0n) is 10.9. The van der Waals surface area contributed by atoms with Gasteiger partial charge in [-0.3, -0.25) is 4.90 Å². The monoisotopic (exact) mass is 250 g/mol. The molecule has 0 saturated heterocycles. The molecular weight excluding hydrogens is 228 g/mol. The highest BCUT2D eigenvalue weighted by molar-refractivity contribution is 7.80. The normalized spacial score (nSPS) is 12.7. The Kier molecular flexibility index (Phi) is 5.59. The van der Waals surface area contributed by atoms with Crippen LogP contribution in [0, 0.1) is 6.92 Å². The minimum Gasteiger partial charge on any atom is -0.393 e. The number of thiocarbonyl (C=S) groups is 1. The van der Waals surface area contributed by atoms with Crippen LogP contribution in [0.1, 0.15) is 30.9 Å². The predicted octanol–water partition coefficient (Wildman–Crippen LogP) is 2.88. The summed E-state index contributed by atoms with van der Waals surface area (Å²) in [5.41, 5.74) is 8.27. The first-order valence-corrected chi connectivity index (χ1v) is 6.47. The summed E-state index contributed by atoms with van der Waals surface area (Å²) in [5, 5.41) is 0. The molecule has 17 heavy (non-hydrogen) atoms. The van der Waals surface area contributed by atoms with E-state index in [-0.39, 0.29) is 0 Å². The van der Waals surface area contributed by atoms with Gasteiger partial charge >= 0.3 is 0 Å². The molecule has 0 bridgehead atoms. The Bertz CT molecular complexity index is 376. The number of hydrogen-bond donors (Lipinski definition) is 1. The molecule has 1 unspecified atom stereocenters. The van der Waals surface area contributed by atoms with E-state index in [0.29, 0.717) is 11.0 Å². The molecule has 2 N–H and O–H groups in total. The van der Waals surface area contributed by atoms with Gasteiger partial charge in [0.25, 0.3) is 0 Å². The van der Waals surface area contributed by atoms with Crippen molar-refractivity contribution in [3.05, 3.63) is 35.4 Å². The van der Waals surface area contributed by atoms with E-state index in [2.05, 4.69) is 50.1 Å². The smallest absolute Gasteiger partial charge is 0.0743 e. The van der Waals surface area contributed by atoms with E-state index in [1.54, 1.807) is 0 Å². The molecule has 0 aliphatic carbocycles. The van der Waals surface area contributed by atoms with Gasteiger partial charge in [-0.05, 0) is 26.0 Å². The lowest BCUT2D eigenvalue weighted by Gasteiger charge is -2.27. The van der Waals surface area contributed by atoms with Crippen LogP contribution in [0.2, 0.25) is 0 Å². The van der Waals surface area contributed by atoms with Gasteiger partial charge in [-0.15, -0.1) is 0 Å². The summed E-state index contributed by atoms with van der Waals surface area (Å²) in [6.07, 6.45) is 1.87. The second kappa shape index (κ2) is 6.72. The molecule has 2 nitrogen and oxygen atoms in total. The summed E-state index contributed by atoms with van der Waals surface area (Å²) < 4.78 is 0. The standard InChI is InChI=1S/C14H22N2S/c1-4-13(9-14(15)17)16(3)10-12-7-5-6-11(2)8-12/h5-8,13H,4,9-10H2,1-3H3,(H2,15,17). The number of nitrogens with zero attached hydrogens (tertiary/aromatic N) is 1. The maximum atomic E-state index is 5.63. The average Bonchev–Trinajstić information content (AvgIpc) is 2.25. The highest BCUT2D eigenvalue weighted by Crippen LogP contribution is 2.12. The zero-order chi connectivity index (χ0) is 12.8. The number of aryl methyl sites for hydroxylation is 1. The van der Waals surface area contributed by atoms with Crippen LogP contribution in [0.3, 0.4) is 0 Å². The van der Waals surface area contributed by atoms with Crippen LogP contribution in [0.15, 0.2) is 24.3 Å². The summed E-state index contributed by atoms with van der Waals surface area (Å²) in [5.74, 6) is 0. The lowest BCUT2D eigenvalue weighted by Crippen LogP contribution is -2.34. The van der Waals surface area contributed by atoms with Crippen molar-refractivity contribution in [1.82, 2.24) is 4.90 Å². The van der Waals surface area contributed by atoms with Gasteiger partial charge in [0.2, 0.25) is 0 Å². The highest BCUT2D eigenvalue weighted by Gasteiger charge is 2.13. The van der Waals surface area contributed by atoms with Gasteiger partial charge in [-0.25, -0.2) is 0 Å². The van der Waals surface area contributed by atoms with Gasteiger partial charge in [0, 0.05) is 19.0 Å². The lowest BCUT2D eigenvalue weighted by molar-refractivity contribution is 0.233. The second-order valence-corrected chi connectivity index (χ2v) is 5.16. The maximum absolute atomic E-state index is 5.63. The molecule has 0 aromatic heterocycles. The van der Waals surface area contributed by atoms with Crippen LogP contribution in [-0.4, -0.2) is 23.0 Å². The molecule has 0 amide bonds. The quantitative estimate of drug-likeness (QED) is 0.787. The first-order chi connectivity index (χ1) is 8.02. The van der Waals surface area contributed by atoms with Gasteiger partial charge < -0.3 is 5.73 Å². The summed E-state index contributed by atoms with van der Waals surface area (Å²) >= 11 is 4.99. The molecule has 1 atom stereocenters. The van der Waals surface area contributed by atoms with E-state index in [4.69, 9.17) is 18.0 Å². The Morgan fingerprint density at radius 2 is 2.18 bits per heavy atom. The topological polar surface area (TPSA) is 29.3 Å². The van der Waals surface area contributed by atoms with Crippen LogP contribution in [0.5, 0.6) is 0 Å². The average molecular weight is 250 g/mol. The van der Waals surface area contributed by atoms with Gasteiger partial charge in [0.1, 0.15) is 0 Å². The van der Waals surface area contributed by atoms with E-state index in [9.17, 15) is 0 Å². The maximum Gasteiger partial charge on any atom is 0.0743 e. The molecule has 0 spiro atoms. The summed E-state index contributed by atoms with van der Waals surface area (Å²) in [7, 11) is 2.13. The lowest BCUT2D eigenvalue weighted by atomic mass is 10.1. The van der Waals surface area contributed by atoms with Crippen LogP contribution in [0.4, 0.5) is 0 Å². The van der Waals surface area contributed by atoms with Crippen molar-refractivity contribution >= 4 is 17.2 Å². The van der Waals surface area contributed by atoms with Gasteiger partial charge in [0.05, 0.1) is 4.99 Å². The summed E-state index contributed by atoms with van der Waals surface area (Å²) in [4.78, 5) is 2.93. The second-order valence-electron chi connectivity index (χ2n) is 4.64. The van der Waals surface area contributed by atoms with Gasteiger partial charge in [0.15, 0.2) is 0 Å². The molecule has 0 fully saturated rings. The molecule has 0 heterocycles. The molecule has 3 heteroatoms. The molecular formula is C14H22N2S. The van der Waals surface area contributed by atoms with Gasteiger partial charge in [-0.1, -0.05) is 49.0 Å². The van der Waals surface area contributed by atoms with Gasteiger partial charge in [-0.2, -0.15) is 0 Å². The summed E-state index contributed by atoms with van der Waals surface area (Å²) in [6, 6.07) is 9.05. The number of rotatable bonds is 6. The summed E-state index contributed by atoms with van der Waals surface area (Å²) in [6.45, 7) is 5.24. The Labute approximate surface area is 110 Å². The van der Waals surface area contributed by atoms with E-state index in [1.165, 1.54) is 11.1 Å². The van der Waals surface area contributed by atoms with Crippen LogP contribution in [-0.2, 0) is 6.54 Å². The van der Waals surface area contributed by atoms with Crippen molar-refractivity contribution in [3.8, 4) is 0 Å². The van der Waals surface area contributed by atoms with E-state index < -0.39 is 0 Å². The fourth-order valence-electron chi connectivity index (χ4n) is 2.07. The number of nitrogens with two attached hydrogens (primary N) is 1. The Hall–Kier alpha value is -0.930. The third-order valence-electron chi connectivity index (χ3n) is 3.05.